The topological polar surface area (TPSA) is 66.0 Å². The maximum atomic E-state index is 12.5. The van der Waals surface area contributed by atoms with Crippen LogP contribution < -0.4 is 5.32 Å². The number of hydrogen-bond acceptors (Lipinski definition) is 3. The lowest BCUT2D eigenvalue weighted by atomic mass is 9.86. The van der Waals surface area contributed by atoms with Gasteiger partial charge in [-0.3, -0.25) is 4.79 Å². The van der Waals surface area contributed by atoms with Crippen LogP contribution in [0.5, 0.6) is 0 Å². The monoisotopic (exact) mass is 402 g/mol. The van der Waals surface area contributed by atoms with Crippen molar-refractivity contribution in [2.24, 2.45) is 5.92 Å². The molecule has 1 N–H and O–H groups in total. The molecule has 6 heteroatoms. The summed E-state index contributed by atoms with van der Waals surface area (Å²) in [5.41, 5.74) is 0.797. The quantitative estimate of drug-likeness (QED) is 0.514. The second kappa shape index (κ2) is 8.65. The summed E-state index contributed by atoms with van der Waals surface area (Å²) in [6, 6.07) is 10.8. The highest BCUT2D eigenvalue weighted by Gasteiger charge is 2.24. The Kier molecular flexibility index (Phi) is 6.26. The predicted octanol–water partition coefficient (Wildman–Crippen LogP) is 5.86. The Labute approximate surface area is 168 Å². The van der Waals surface area contributed by atoms with Crippen molar-refractivity contribution in [1.82, 2.24) is 5.32 Å². The second-order valence-corrected chi connectivity index (χ2v) is 7.66. The average molecular weight is 403 g/mol. The normalized spacial score (nSPS) is 20.1. The maximum Gasteiger partial charge on any atom is 0.262 e. The van der Waals surface area contributed by atoms with E-state index in [9.17, 15) is 10.1 Å². The minimum absolute atomic E-state index is 0.0304. The number of carbonyl (C=O) groups is 1. The van der Waals surface area contributed by atoms with Gasteiger partial charge in [0.15, 0.2) is 0 Å². The molecule has 2 aromatic rings. The first-order valence-corrected chi connectivity index (χ1v) is 9.71. The van der Waals surface area contributed by atoms with Crippen LogP contribution in [0.15, 0.2) is 40.3 Å². The number of amides is 1. The lowest BCUT2D eigenvalue weighted by molar-refractivity contribution is -0.118. The molecule has 1 aromatic carbocycles. The van der Waals surface area contributed by atoms with Crippen molar-refractivity contribution in [3.63, 3.8) is 0 Å². The summed E-state index contributed by atoms with van der Waals surface area (Å²) in [6.45, 7) is 2.13. The molecule has 0 bridgehead atoms. The molecule has 0 spiro atoms. The Bertz CT molecular complexity index is 911. The molecule has 4 nitrogen and oxygen atoms in total. The molecule has 140 valence electrons. The van der Waals surface area contributed by atoms with Crippen LogP contribution in [0.1, 0.15) is 38.4 Å². The standard InChI is InChI=1S/C21H20Cl2N2O2/c1-13-4-2-3-5-19(13)25-21(26)15(12-24)10-16-7-9-20(27-16)14-6-8-17(22)18(23)11-14/h6-11,13,19H,2-5H2,1H3,(H,25,26)/b15-10+/t13-,19+/m0/s1. The van der Waals surface area contributed by atoms with Crippen molar-refractivity contribution in [2.75, 3.05) is 0 Å². The van der Waals surface area contributed by atoms with Crippen LogP contribution in [0.4, 0.5) is 0 Å². The molecule has 27 heavy (non-hydrogen) atoms. The Morgan fingerprint density at radius 2 is 2.00 bits per heavy atom. The Balaban J connectivity index is 1.76. The summed E-state index contributed by atoms with van der Waals surface area (Å²) >= 11 is 12.0. The number of hydrogen-bond donors (Lipinski definition) is 1. The number of halogens is 2. The van der Waals surface area contributed by atoms with E-state index in [1.54, 1.807) is 30.3 Å². The van der Waals surface area contributed by atoms with Gasteiger partial charge in [0.2, 0.25) is 0 Å². The number of furan rings is 1. The van der Waals surface area contributed by atoms with Gasteiger partial charge in [0, 0.05) is 17.7 Å². The van der Waals surface area contributed by atoms with Gasteiger partial charge in [0.05, 0.1) is 10.0 Å². The molecule has 0 unspecified atom stereocenters. The van der Waals surface area contributed by atoms with Crippen molar-refractivity contribution < 1.29 is 9.21 Å². The van der Waals surface area contributed by atoms with Crippen molar-refractivity contribution >= 4 is 35.2 Å². The smallest absolute Gasteiger partial charge is 0.262 e. The largest absolute Gasteiger partial charge is 0.457 e. The van der Waals surface area contributed by atoms with Gasteiger partial charge >= 0.3 is 0 Å². The van der Waals surface area contributed by atoms with Crippen LogP contribution in [-0.4, -0.2) is 11.9 Å². The molecule has 1 fully saturated rings. The minimum atomic E-state index is -0.358. The first kappa shape index (κ1) is 19.5. The average Bonchev–Trinajstić information content (AvgIpc) is 3.12. The van der Waals surface area contributed by atoms with E-state index in [2.05, 4.69) is 12.2 Å². The zero-order valence-electron chi connectivity index (χ0n) is 15.0. The third-order valence-corrected chi connectivity index (χ3v) is 5.65. The molecule has 0 radical (unpaired) electrons. The molecule has 3 rings (SSSR count). The van der Waals surface area contributed by atoms with E-state index in [-0.39, 0.29) is 17.5 Å². The molecule has 0 aliphatic heterocycles. The minimum Gasteiger partial charge on any atom is -0.457 e. The third-order valence-electron chi connectivity index (χ3n) is 4.91. The molecule has 1 heterocycles. The van der Waals surface area contributed by atoms with E-state index in [0.717, 1.165) is 24.8 Å². The number of nitrogens with one attached hydrogen (secondary N) is 1. The first-order chi connectivity index (χ1) is 13.0. The Hall–Kier alpha value is -2.22. The summed E-state index contributed by atoms with van der Waals surface area (Å²) in [4.78, 5) is 12.5. The predicted molar refractivity (Wildman–Crippen MR) is 107 cm³/mol. The van der Waals surface area contributed by atoms with Crippen molar-refractivity contribution in [3.05, 3.63) is 51.7 Å². The molecule has 1 aliphatic carbocycles. The maximum absolute atomic E-state index is 12.5. The molecule has 1 aliphatic rings. The number of nitrogens with zero attached hydrogens (tertiary/aromatic N) is 1. The van der Waals surface area contributed by atoms with E-state index in [0.29, 0.717) is 27.5 Å². The summed E-state index contributed by atoms with van der Waals surface area (Å²) in [7, 11) is 0. The second-order valence-electron chi connectivity index (χ2n) is 6.84. The number of rotatable bonds is 4. The van der Waals surface area contributed by atoms with E-state index >= 15 is 0 Å². The van der Waals surface area contributed by atoms with Gasteiger partial charge < -0.3 is 9.73 Å². The molecule has 1 aromatic heterocycles. The van der Waals surface area contributed by atoms with Crippen LogP contribution in [0.25, 0.3) is 17.4 Å². The van der Waals surface area contributed by atoms with Crippen LogP contribution in [0, 0.1) is 17.2 Å². The van der Waals surface area contributed by atoms with Gasteiger partial charge in [-0.25, -0.2) is 0 Å². The SMILES string of the molecule is C[C@H]1CCCC[C@H]1NC(=O)/C(C#N)=C/c1ccc(-c2ccc(Cl)c(Cl)c2)o1. The van der Waals surface area contributed by atoms with E-state index in [1.807, 2.05) is 6.07 Å². The lowest BCUT2D eigenvalue weighted by Crippen LogP contribution is -2.41. The van der Waals surface area contributed by atoms with E-state index < -0.39 is 0 Å². The van der Waals surface area contributed by atoms with Gasteiger partial charge in [0.25, 0.3) is 5.91 Å². The molecular formula is C21H20Cl2N2O2. The summed E-state index contributed by atoms with van der Waals surface area (Å²) in [6.07, 6.45) is 5.81. The third kappa shape index (κ3) is 4.74. The van der Waals surface area contributed by atoms with Gasteiger partial charge in [-0.2, -0.15) is 5.26 Å². The van der Waals surface area contributed by atoms with Gasteiger partial charge in [-0.15, -0.1) is 0 Å². The first-order valence-electron chi connectivity index (χ1n) is 8.96. The fourth-order valence-electron chi connectivity index (χ4n) is 3.30. The summed E-state index contributed by atoms with van der Waals surface area (Å²) in [5.74, 6) is 1.08. The Morgan fingerprint density at radius 3 is 2.70 bits per heavy atom. The van der Waals surface area contributed by atoms with Crippen LogP contribution in [0.2, 0.25) is 10.0 Å². The number of benzene rings is 1. The Morgan fingerprint density at radius 1 is 1.22 bits per heavy atom. The summed E-state index contributed by atoms with van der Waals surface area (Å²) < 4.78 is 5.75. The van der Waals surface area contributed by atoms with Crippen molar-refractivity contribution in [1.29, 1.82) is 5.26 Å². The zero-order chi connectivity index (χ0) is 19.4. The van der Waals surface area contributed by atoms with Gasteiger partial charge in [-0.1, -0.05) is 43.0 Å². The highest BCUT2D eigenvalue weighted by atomic mass is 35.5. The van der Waals surface area contributed by atoms with Gasteiger partial charge in [0.1, 0.15) is 23.2 Å². The van der Waals surface area contributed by atoms with E-state index in [1.165, 1.54) is 12.5 Å². The number of nitriles is 1. The van der Waals surface area contributed by atoms with Crippen LogP contribution in [0.3, 0.4) is 0 Å². The molecule has 1 amide bonds. The molecule has 1 saturated carbocycles. The highest BCUT2D eigenvalue weighted by molar-refractivity contribution is 6.42. The fraction of sp³-hybridized carbons (Fsp3) is 0.333. The molecule has 2 atom stereocenters. The molecule has 0 saturated heterocycles. The van der Waals surface area contributed by atoms with Crippen LogP contribution in [-0.2, 0) is 4.79 Å². The lowest BCUT2D eigenvalue weighted by Gasteiger charge is -2.29. The van der Waals surface area contributed by atoms with Crippen LogP contribution >= 0.6 is 23.2 Å². The fourth-order valence-corrected chi connectivity index (χ4v) is 3.60. The van der Waals surface area contributed by atoms with Crippen molar-refractivity contribution in [2.45, 2.75) is 38.6 Å². The summed E-state index contributed by atoms with van der Waals surface area (Å²) in [5, 5.41) is 13.3. The zero-order valence-corrected chi connectivity index (χ0v) is 16.5. The van der Waals surface area contributed by atoms with Crippen molar-refractivity contribution in [3.8, 4) is 17.4 Å². The number of carbonyl (C=O) groups excluding carboxylic acids is 1. The molecular weight excluding hydrogens is 383 g/mol. The van der Waals surface area contributed by atoms with E-state index in [4.69, 9.17) is 27.6 Å². The highest BCUT2D eigenvalue weighted by Crippen LogP contribution is 2.30. The van der Waals surface area contributed by atoms with Gasteiger partial charge in [-0.05, 0) is 49.1 Å².